The Bertz CT molecular complexity index is 1130. The van der Waals surface area contributed by atoms with Crippen LogP contribution in [0.15, 0.2) is 36.7 Å². The van der Waals surface area contributed by atoms with Crippen LogP contribution in [0.4, 0.5) is 0 Å². The van der Waals surface area contributed by atoms with Gasteiger partial charge in [0.25, 0.3) is 0 Å². The van der Waals surface area contributed by atoms with Crippen LogP contribution in [0.3, 0.4) is 0 Å². The molecular weight excluding hydrogens is 372 g/mol. The molecule has 8 heteroatoms. The summed E-state index contributed by atoms with van der Waals surface area (Å²) < 4.78 is 24.1. The lowest BCUT2D eigenvalue weighted by Crippen LogP contribution is -2.16. The summed E-state index contributed by atoms with van der Waals surface area (Å²) in [5, 5.41) is 16.1. The van der Waals surface area contributed by atoms with Crippen molar-refractivity contribution >= 4 is 32.5 Å². The zero-order chi connectivity index (χ0) is 18.9. The molecule has 1 aromatic carbocycles. The normalized spacial score (nSPS) is 11.6. The number of nitrogens with zero attached hydrogens (tertiary/aromatic N) is 3. The van der Waals surface area contributed by atoms with Gasteiger partial charge in [0.05, 0.1) is 22.5 Å². The van der Waals surface area contributed by atoms with Crippen molar-refractivity contribution in [3.8, 4) is 17.3 Å². The number of halogens is 1. The molecule has 0 bridgehead atoms. The number of sulfonamides is 1. The molecular formula is C18H17ClN4O2S. The van der Waals surface area contributed by atoms with E-state index in [2.05, 4.69) is 11.1 Å². The van der Waals surface area contributed by atoms with E-state index in [0.29, 0.717) is 23.4 Å². The summed E-state index contributed by atoms with van der Waals surface area (Å²) in [7, 11) is -1.60. The molecule has 0 amide bonds. The fourth-order valence-corrected chi connectivity index (χ4v) is 3.80. The van der Waals surface area contributed by atoms with Gasteiger partial charge in [-0.15, -0.1) is 0 Å². The van der Waals surface area contributed by atoms with Crippen LogP contribution < -0.4 is 5.14 Å². The van der Waals surface area contributed by atoms with E-state index in [4.69, 9.17) is 16.7 Å². The van der Waals surface area contributed by atoms with Crippen molar-refractivity contribution in [2.75, 3.05) is 5.75 Å². The molecule has 0 aliphatic carbocycles. The number of aryl methyl sites for hydroxylation is 2. The molecule has 0 aliphatic rings. The van der Waals surface area contributed by atoms with E-state index < -0.39 is 10.0 Å². The molecule has 26 heavy (non-hydrogen) atoms. The van der Waals surface area contributed by atoms with Crippen LogP contribution in [-0.4, -0.2) is 23.7 Å². The third-order valence-electron chi connectivity index (χ3n) is 4.24. The van der Waals surface area contributed by atoms with Gasteiger partial charge in [-0.2, -0.15) is 5.26 Å². The van der Waals surface area contributed by atoms with Crippen molar-refractivity contribution in [2.45, 2.75) is 12.8 Å². The molecule has 2 heterocycles. The number of pyridine rings is 1. The largest absolute Gasteiger partial charge is 0.342 e. The molecule has 0 unspecified atom stereocenters. The Morgan fingerprint density at radius 1 is 1.31 bits per heavy atom. The Balaban J connectivity index is 2.03. The minimum Gasteiger partial charge on any atom is -0.342 e. The molecule has 0 saturated heterocycles. The second kappa shape index (κ2) is 7.08. The molecule has 2 aromatic heterocycles. The number of fused-ring (bicyclic) bond motifs is 1. The molecule has 0 fully saturated rings. The van der Waals surface area contributed by atoms with Crippen molar-refractivity contribution in [3.05, 3.63) is 52.8 Å². The molecule has 3 aromatic rings. The van der Waals surface area contributed by atoms with Gasteiger partial charge in [-0.1, -0.05) is 11.6 Å². The van der Waals surface area contributed by atoms with Gasteiger partial charge in [0.2, 0.25) is 10.0 Å². The van der Waals surface area contributed by atoms with E-state index >= 15 is 0 Å². The highest BCUT2D eigenvalue weighted by atomic mass is 35.5. The maximum atomic E-state index is 11.1. The number of aromatic nitrogens is 2. The summed E-state index contributed by atoms with van der Waals surface area (Å²) in [6.45, 7) is 0. The number of primary sulfonamides is 1. The maximum Gasteiger partial charge on any atom is 0.209 e. The third kappa shape index (κ3) is 3.73. The first-order chi connectivity index (χ1) is 12.3. The molecule has 0 spiro atoms. The number of hydrogen-bond acceptors (Lipinski definition) is 4. The lowest BCUT2D eigenvalue weighted by Gasteiger charge is -2.07. The fraction of sp³-hybridized carbons (Fsp3) is 0.222. The van der Waals surface area contributed by atoms with Gasteiger partial charge in [0, 0.05) is 35.4 Å². The lowest BCUT2D eigenvalue weighted by atomic mass is 10.0. The van der Waals surface area contributed by atoms with Gasteiger partial charge in [-0.25, -0.2) is 13.6 Å². The quantitative estimate of drug-likeness (QED) is 0.725. The second-order valence-electron chi connectivity index (χ2n) is 6.11. The summed E-state index contributed by atoms with van der Waals surface area (Å²) in [5.41, 5.74) is 3.86. The number of hydrogen-bond donors (Lipinski definition) is 1. The zero-order valence-corrected chi connectivity index (χ0v) is 15.7. The van der Waals surface area contributed by atoms with Crippen LogP contribution in [0.5, 0.6) is 0 Å². The summed E-state index contributed by atoms with van der Waals surface area (Å²) in [6.07, 6.45) is 4.34. The van der Waals surface area contributed by atoms with Crippen LogP contribution in [0.2, 0.25) is 5.02 Å². The zero-order valence-electron chi connectivity index (χ0n) is 14.1. The van der Waals surface area contributed by atoms with E-state index in [-0.39, 0.29) is 5.75 Å². The van der Waals surface area contributed by atoms with Gasteiger partial charge in [-0.05, 0) is 42.7 Å². The van der Waals surface area contributed by atoms with Gasteiger partial charge < -0.3 is 4.57 Å². The lowest BCUT2D eigenvalue weighted by molar-refractivity contribution is 0.595. The summed E-state index contributed by atoms with van der Waals surface area (Å²) in [5.74, 6) is -0.0762. The topological polar surface area (TPSA) is 102 Å². The fourth-order valence-electron chi connectivity index (χ4n) is 3.09. The van der Waals surface area contributed by atoms with E-state index in [9.17, 15) is 13.7 Å². The Kier molecular flexibility index (Phi) is 5.01. The molecule has 3 rings (SSSR count). The first-order valence-corrected chi connectivity index (χ1v) is 10.0. The van der Waals surface area contributed by atoms with Crippen molar-refractivity contribution in [2.24, 2.45) is 12.2 Å². The minimum atomic E-state index is -3.48. The average Bonchev–Trinajstić information content (AvgIpc) is 2.85. The van der Waals surface area contributed by atoms with Gasteiger partial charge >= 0.3 is 0 Å². The molecule has 0 aliphatic heterocycles. The molecule has 0 radical (unpaired) electrons. The van der Waals surface area contributed by atoms with Crippen molar-refractivity contribution in [1.29, 1.82) is 5.26 Å². The summed E-state index contributed by atoms with van der Waals surface area (Å²) >= 11 is 6.09. The maximum absolute atomic E-state index is 11.1. The van der Waals surface area contributed by atoms with E-state index in [0.717, 1.165) is 27.7 Å². The van der Waals surface area contributed by atoms with Crippen LogP contribution >= 0.6 is 11.6 Å². The third-order valence-corrected chi connectivity index (χ3v) is 5.33. The SMILES string of the molecule is Cn1c(-c2cncc(CCCS(N)(=O)=O)c2)c(C#N)c2ccc(Cl)cc21. The number of nitriles is 1. The number of nitrogens with two attached hydrogens (primary N) is 1. The first-order valence-electron chi connectivity index (χ1n) is 7.93. The Morgan fingerprint density at radius 2 is 2.08 bits per heavy atom. The van der Waals surface area contributed by atoms with Crippen molar-refractivity contribution < 1.29 is 8.42 Å². The van der Waals surface area contributed by atoms with E-state index in [1.165, 1.54) is 0 Å². The van der Waals surface area contributed by atoms with Crippen LogP contribution in [0.1, 0.15) is 17.5 Å². The van der Waals surface area contributed by atoms with Gasteiger partial charge in [0.1, 0.15) is 6.07 Å². The Labute approximate surface area is 156 Å². The Morgan fingerprint density at radius 3 is 2.77 bits per heavy atom. The van der Waals surface area contributed by atoms with Gasteiger partial charge in [-0.3, -0.25) is 4.98 Å². The highest BCUT2D eigenvalue weighted by Crippen LogP contribution is 2.33. The van der Waals surface area contributed by atoms with Crippen LogP contribution in [-0.2, 0) is 23.5 Å². The average molecular weight is 389 g/mol. The summed E-state index contributed by atoms with van der Waals surface area (Å²) in [4.78, 5) is 4.25. The molecule has 0 atom stereocenters. The molecule has 134 valence electrons. The summed E-state index contributed by atoms with van der Waals surface area (Å²) in [6, 6.07) is 9.62. The van der Waals surface area contributed by atoms with E-state index in [1.54, 1.807) is 18.5 Å². The standard InChI is InChI=1S/C18H17ClN4O2S/c1-23-17-8-14(19)4-5-15(17)16(9-20)18(23)13-7-12(10-22-11-13)3-2-6-26(21,24)25/h4-5,7-8,10-11H,2-3,6H2,1H3,(H2,21,24,25). The van der Waals surface area contributed by atoms with E-state index in [1.807, 2.05) is 29.8 Å². The highest BCUT2D eigenvalue weighted by molar-refractivity contribution is 7.89. The molecule has 6 nitrogen and oxygen atoms in total. The van der Waals surface area contributed by atoms with Crippen molar-refractivity contribution in [3.63, 3.8) is 0 Å². The first kappa shape index (κ1) is 18.4. The van der Waals surface area contributed by atoms with Crippen LogP contribution in [0.25, 0.3) is 22.2 Å². The number of rotatable bonds is 5. The smallest absolute Gasteiger partial charge is 0.209 e. The second-order valence-corrected chi connectivity index (χ2v) is 8.28. The van der Waals surface area contributed by atoms with Crippen molar-refractivity contribution in [1.82, 2.24) is 9.55 Å². The predicted molar refractivity (Wildman–Crippen MR) is 102 cm³/mol. The highest BCUT2D eigenvalue weighted by Gasteiger charge is 2.17. The number of benzene rings is 1. The monoisotopic (exact) mass is 388 g/mol. The Hall–Kier alpha value is -2.40. The molecule has 2 N–H and O–H groups in total. The molecule has 0 saturated carbocycles. The van der Waals surface area contributed by atoms with Gasteiger partial charge in [0.15, 0.2) is 0 Å². The van der Waals surface area contributed by atoms with Crippen LogP contribution in [0, 0.1) is 11.3 Å². The predicted octanol–water partition coefficient (Wildman–Crippen LogP) is 2.99. The minimum absolute atomic E-state index is 0.0762.